The highest BCUT2D eigenvalue weighted by Gasteiger charge is 2.16. The van der Waals surface area contributed by atoms with Crippen LogP contribution < -0.4 is 20.1 Å². The molecule has 6 nitrogen and oxygen atoms in total. The molecule has 2 N–H and O–H groups in total. The van der Waals surface area contributed by atoms with E-state index in [2.05, 4.69) is 10.6 Å². The van der Waals surface area contributed by atoms with E-state index in [9.17, 15) is 9.59 Å². The molecule has 0 unspecified atom stereocenters. The van der Waals surface area contributed by atoms with Crippen LogP contribution in [0.4, 0.5) is 11.4 Å². The lowest BCUT2D eigenvalue weighted by Crippen LogP contribution is -2.29. The summed E-state index contributed by atoms with van der Waals surface area (Å²) < 4.78 is 10.3. The fourth-order valence-corrected chi connectivity index (χ4v) is 2.27. The summed E-state index contributed by atoms with van der Waals surface area (Å²) in [6.45, 7) is 1.79. The standard InChI is InChI=1S/C17H17ClN2O4/c1-10-8-11(18)4-6-13(10)20-17(22)16(21)19-12-5-7-14(23-2)15(9-12)24-3/h4-9H,1-3H3,(H,19,21)(H,20,22). The lowest BCUT2D eigenvalue weighted by Gasteiger charge is -2.11. The molecule has 2 rings (SSSR count). The Hall–Kier alpha value is -2.73. The van der Waals surface area contributed by atoms with E-state index < -0.39 is 11.8 Å². The van der Waals surface area contributed by atoms with Gasteiger partial charge in [0.05, 0.1) is 14.2 Å². The second-order valence-electron chi connectivity index (χ2n) is 4.94. The van der Waals surface area contributed by atoms with E-state index in [1.165, 1.54) is 14.2 Å². The van der Waals surface area contributed by atoms with Crippen molar-refractivity contribution in [2.45, 2.75) is 6.92 Å². The molecule has 0 fully saturated rings. The monoisotopic (exact) mass is 348 g/mol. The Balaban J connectivity index is 2.07. The number of halogens is 1. The number of nitrogens with one attached hydrogen (secondary N) is 2. The van der Waals surface area contributed by atoms with Crippen molar-refractivity contribution < 1.29 is 19.1 Å². The molecule has 0 heterocycles. The van der Waals surface area contributed by atoms with Gasteiger partial charge in [-0.05, 0) is 42.8 Å². The highest BCUT2D eigenvalue weighted by molar-refractivity contribution is 6.43. The van der Waals surface area contributed by atoms with Crippen molar-refractivity contribution >= 4 is 34.8 Å². The summed E-state index contributed by atoms with van der Waals surface area (Å²) in [4.78, 5) is 24.0. The summed E-state index contributed by atoms with van der Waals surface area (Å²) in [5, 5.41) is 5.61. The van der Waals surface area contributed by atoms with Crippen molar-refractivity contribution in [2.75, 3.05) is 24.9 Å². The van der Waals surface area contributed by atoms with Crippen LogP contribution in [-0.4, -0.2) is 26.0 Å². The topological polar surface area (TPSA) is 76.7 Å². The zero-order valence-corrected chi connectivity index (χ0v) is 14.2. The van der Waals surface area contributed by atoms with Gasteiger partial charge in [-0.15, -0.1) is 0 Å². The molecule has 7 heteroatoms. The first-order chi connectivity index (χ1) is 11.4. The Morgan fingerprint density at radius 2 is 1.58 bits per heavy atom. The van der Waals surface area contributed by atoms with Gasteiger partial charge in [-0.3, -0.25) is 9.59 Å². The van der Waals surface area contributed by atoms with E-state index in [1.54, 1.807) is 43.3 Å². The average molecular weight is 349 g/mol. The SMILES string of the molecule is COc1ccc(NC(=O)C(=O)Nc2ccc(Cl)cc2C)cc1OC. The fourth-order valence-electron chi connectivity index (χ4n) is 2.05. The van der Waals surface area contributed by atoms with Crippen molar-refractivity contribution in [3.05, 3.63) is 47.0 Å². The van der Waals surface area contributed by atoms with Crippen LogP contribution >= 0.6 is 11.6 Å². The number of hydrogen-bond acceptors (Lipinski definition) is 4. The number of carbonyl (C=O) groups is 2. The summed E-state index contributed by atoms with van der Waals surface area (Å²) >= 11 is 5.86. The summed E-state index contributed by atoms with van der Waals surface area (Å²) in [5.74, 6) is -0.604. The number of amides is 2. The van der Waals surface area contributed by atoms with Gasteiger partial charge in [0.1, 0.15) is 0 Å². The minimum absolute atomic E-state index is 0.417. The summed E-state index contributed by atoms with van der Waals surface area (Å²) in [6.07, 6.45) is 0. The van der Waals surface area contributed by atoms with Gasteiger partial charge in [0.25, 0.3) is 0 Å². The van der Waals surface area contributed by atoms with Gasteiger partial charge < -0.3 is 20.1 Å². The Labute approximate surface area is 144 Å². The summed E-state index contributed by atoms with van der Waals surface area (Å²) in [5.41, 5.74) is 1.70. The Kier molecular flexibility index (Phi) is 5.65. The largest absolute Gasteiger partial charge is 0.493 e. The molecule has 24 heavy (non-hydrogen) atoms. The molecule has 0 aliphatic heterocycles. The molecule has 0 aromatic heterocycles. The maximum atomic E-state index is 12.0. The highest BCUT2D eigenvalue weighted by atomic mass is 35.5. The van der Waals surface area contributed by atoms with Crippen LogP contribution in [0.2, 0.25) is 5.02 Å². The molecule has 0 atom stereocenters. The molecule has 126 valence electrons. The number of aryl methyl sites for hydroxylation is 1. The third-order valence-electron chi connectivity index (χ3n) is 3.28. The molecule has 0 aliphatic rings. The number of ether oxygens (including phenoxy) is 2. The molecule has 0 bridgehead atoms. The molecule has 0 saturated carbocycles. The lowest BCUT2D eigenvalue weighted by atomic mass is 10.2. The molecule has 0 saturated heterocycles. The smallest absolute Gasteiger partial charge is 0.314 e. The maximum absolute atomic E-state index is 12.0. The summed E-state index contributed by atoms with van der Waals surface area (Å²) in [7, 11) is 3.00. The van der Waals surface area contributed by atoms with Gasteiger partial charge >= 0.3 is 11.8 Å². The zero-order chi connectivity index (χ0) is 17.7. The van der Waals surface area contributed by atoms with Crippen LogP contribution in [0.25, 0.3) is 0 Å². The van der Waals surface area contributed by atoms with E-state index in [1.807, 2.05) is 0 Å². The van der Waals surface area contributed by atoms with Gasteiger partial charge in [0.2, 0.25) is 0 Å². The lowest BCUT2D eigenvalue weighted by molar-refractivity contribution is -0.133. The highest BCUT2D eigenvalue weighted by Crippen LogP contribution is 2.29. The van der Waals surface area contributed by atoms with Crippen molar-refractivity contribution in [3.8, 4) is 11.5 Å². The Morgan fingerprint density at radius 3 is 2.21 bits per heavy atom. The average Bonchev–Trinajstić information content (AvgIpc) is 2.57. The Morgan fingerprint density at radius 1 is 0.917 bits per heavy atom. The van der Waals surface area contributed by atoms with Crippen molar-refractivity contribution in [1.82, 2.24) is 0 Å². The first-order valence-corrected chi connectivity index (χ1v) is 7.43. The number of anilines is 2. The second kappa shape index (κ2) is 7.70. The molecule has 2 amide bonds. The minimum Gasteiger partial charge on any atom is -0.493 e. The van der Waals surface area contributed by atoms with Gasteiger partial charge in [0, 0.05) is 22.5 Å². The molecule has 0 spiro atoms. The van der Waals surface area contributed by atoms with Crippen LogP contribution in [0.3, 0.4) is 0 Å². The third-order valence-corrected chi connectivity index (χ3v) is 3.52. The van der Waals surface area contributed by atoms with E-state index >= 15 is 0 Å². The first-order valence-electron chi connectivity index (χ1n) is 7.05. The van der Waals surface area contributed by atoms with Gasteiger partial charge in [-0.1, -0.05) is 11.6 Å². The maximum Gasteiger partial charge on any atom is 0.314 e. The van der Waals surface area contributed by atoms with E-state index in [0.717, 1.165) is 5.56 Å². The number of methoxy groups -OCH3 is 2. The van der Waals surface area contributed by atoms with Crippen molar-refractivity contribution in [3.63, 3.8) is 0 Å². The number of carbonyl (C=O) groups excluding carboxylic acids is 2. The molecule has 0 radical (unpaired) electrons. The van der Waals surface area contributed by atoms with Crippen LogP contribution in [0.5, 0.6) is 11.5 Å². The fraction of sp³-hybridized carbons (Fsp3) is 0.176. The number of benzene rings is 2. The molecular formula is C17H17ClN2O4. The van der Waals surface area contributed by atoms with Crippen LogP contribution in [0.1, 0.15) is 5.56 Å². The van der Waals surface area contributed by atoms with Crippen LogP contribution in [-0.2, 0) is 9.59 Å². The molecule has 2 aromatic carbocycles. The van der Waals surface area contributed by atoms with E-state index in [0.29, 0.717) is 27.9 Å². The summed E-state index contributed by atoms with van der Waals surface area (Å²) in [6, 6.07) is 9.78. The second-order valence-corrected chi connectivity index (χ2v) is 5.37. The van der Waals surface area contributed by atoms with Gasteiger partial charge in [-0.2, -0.15) is 0 Å². The first kappa shape index (κ1) is 17.6. The van der Waals surface area contributed by atoms with Crippen molar-refractivity contribution in [1.29, 1.82) is 0 Å². The van der Waals surface area contributed by atoms with Crippen LogP contribution in [0.15, 0.2) is 36.4 Å². The van der Waals surface area contributed by atoms with E-state index in [4.69, 9.17) is 21.1 Å². The zero-order valence-electron chi connectivity index (χ0n) is 13.5. The predicted molar refractivity (Wildman–Crippen MR) is 93.0 cm³/mol. The normalized spacial score (nSPS) is 10.0. The molecule has 0 aliphatic carbocycles. The Bertz CT molecular complexity index is 777. The molecule has 2 aromatic rings. The number of rotatable bonds is 4. The minimum atomic E-state index is -0.795. The van der Waals surface area contributed by atoms with Crippen molar-refractivity contribution in [2.24, 2.45) is 0 Å². The molecular weight excluding hydrogens is 332 g/mol. The predicted octanol–water partition coefficient (Wildman–Crippen LogP) is 3.24. The van der Waals surface area contributed by atoms with Gasteiger partial charge in [0.15, 0.2) is 11.5 Å². The van der Waals surface area contributed by atoms with Crippen LogP contribution in [0, 0.1) is 6.92 Å². The number of hydrogen-bond donors (Lipinski definition) is 2. The van der Waals surface area contributed by atoms with E-state index in [-0.39, 0.29) is 0 Å². The quantitative estimate of drug-likeness (QED) is 0.831. The third kappa shape index (κ3) is 4.17. The van der Waals surface area contributed by atoms with Gasteiger partial charge in [-0.25, -0.2) is 0 Å².